The number of hydrogen-bond donors (Lipinski definition) is 1. The van der Waals surface area contributed by atoms with Crippen molar-refractivity contribution in [2.75, 3.05) is 13.7 Å². The Morgan fingerprint density at radius 1 is 1.53 bits per heavy atom. The normalized spacial score (nSPS) is 18.4. The molecule has 1 aromatic rings. The van der Waals surface area contributed by atoms with E-state index in [0.717, 1.165) is 18.4 Å². The quantitative estimate of drug-likeness (QED) is 0.858. The van der Waals surface area contributed by atoms with E-state index in [1.165, 1.54) is 0 Å². The van der Waals surface area contributed by atoms with Gasteiger partial charge in [0, 0.05) is 6.54 Å². The predicted molar refractivity (Wildman–Crippen MR) is 78.6 cm³/mol. The van der Waals surface area contributed by atoms with E-state index in [1.54, 1.807) is 12.0 Å². The van der Waals surface area contributed by atoms with Gasteiger partial charge in [0.05, 0.1) is 23.7 Å². The maximum Gasteiger partial charge on any atom is 0.258 e. The number of amides is 1. The number of carbonyl (C=O) groups is 1. The van der Waals surface area contributed by atoms with E-state index in [2.05, 4.69) is 0 Å². The monoisotopic (exact) mass is 278 g/mol. The number of likely N-dealkylation sites (tertiary alicyclic amines) is 1. The molecule has 1 aliphatic rings. The second kappa shape index (κ2) is 5.57. The molecule has 1 unspecified atom stereocenters. The van der Waals surface area contributed by atoms with Crippen LogP contribution in [0.2, 0.25) is 0 Å². The minimum Gasteiger partial charge on any atom is -0.496 e. The molecule has 1 heterocycles. The zero-order valence-electron chi connectivity index (χ0n) is 11.2. The molecule has 19 heavy (non-hydrogen) atoms. The summed E-state index contributed by atoms with van der Waals surface area (Å²) in [5.41, 5.74) is 7.31. The molecule has 1 amide bonds. The number of thiocarbonyl (C=S) groups is 1. The Balaban J connectivity index is 2.33. The fourth-order valence-electron chi connectivity index (χ4n) is 2.45. The molecule has 0 aliphatic carbocycles. The number of nitrogens with zero attached hydrogens (tertiary/aromatic N) is 1. The molecule has 1 fully saturated rings. The molecule has 4 nitrogen and oxygen atoms in total. The molecule has 1 aliphatic heterocycles. The van der Waals surface area contributed by atoms with Crippen molar-refractivity contribution in [1.29, 1.82) is 0 Å². The first kappa shape index (κ1) is 13.8. The molecule has 1 aromatic carbocycles. The first-order valence-corrected chi connectivity index (χ1v) is 6.70. The third-order valence-corrected chi connectivity index (χ3v) is 3.70. The molecule has 102 valence electrons. The van der Waals surface area contributed by atoms with Crippen molar-refractivity contribution in [3.05, 3.63) is 29.3 Å². The number of carbonyl (C=O) groups excluding carboxylic acids is 1. The summed E-state index contributed by atoms with van der Waals surface area (Å²) in [4.78, 5) is 14.8. The summed E-state index contributed by atoms with van der Waals surface area (Å²) < 4.78 is 5.27. The molecule has 0 bridgehead atoms. The van der Waals surface area contributed by atoms with Crippen molar-refractivity contribution in [2.24, 2.45) is 5.73 Å². The van der Waals surface area contributed by atoms with Gasteiger partial charge in [0.25, 0.3) is 5.91 Å². The van der Waals surface area contributed by atoms with Crippen molar-refractivity contribution in [2.45, 2.75) is 25.8 Å². The SMILES string of the molecule is COc1ccc(C)cc1C(=O)N1CCCC1C(N)=S. The number of rotatable bonds is 3. The minimum atomic E-state index is -0.132. The zero-order chi connectivity index (χ0) is 14.0. The van der Waals surface area contributed by atoms with Gasteiger partial charge in [-0.15, -0.1) is 0 Å². The van der Waals surface area contributed by atoms with Crippen LogP contribution in [0.15, 0.2) is 18.2 Å². The first-order valence-electron chi connectivity index (χ1n) is 6.29. The minimum absolute atomic E-state index is 0.0594. The molecule has 5 heteroatoms. The summed E-state index contributed by atoms with van der Waals surface area (Å²) >= 11 is 5.04. The lowest BCUT2D eigenvalue weighted by Gasteiger charge is -2.24. The van der Waals surface area contributed by atoms with Gasteiger partial charge >= 0.3 is 0 Å². The molecule has 0 radical (unpaired) electrons. The Hall–Kier alpha value is -1.62. The Morgan fingerprint density at radius 2 is 2.26 bits per heavy atom. The Kier molecular flexibility index (Phi) is 4.04. The summed E-state index contributed by atoms with van der Waals surface area (Å²) in [6, 6.07) is 5.45. The lowest BCUT2D eigenvalue weighted by atomic mass is 10.1. The van der Waals surface area contributed by atoms with E-state index in [1.807, 2.05) is 25.1 Å². The Morgan fingerprint density at radius 3 is 2.89 bits per heavy atom. The number of hydrogen-bond acceptors (Lipinski definition) is 3. The topological polar surface area (TPSA) is 55.6 Å². The van der Waals surface area contributed by atoms with E-state index >= 15 is 0 Å². The summed E-state index contributed by atoms with van der Waals surface area (Å²) in [5.74, 6) is 0.528. The molecule has 1 saturated heterocycles. The summed E-state index contributed by atoms with van der Waals surface area (Å²) in [7, 11) is 1.57. The van der Waals surface area contributed by atoms with Crippen molar-refractivity contribution >= 4 is 23.1 Å². The van der Waals surface area contributed by atoms with Gasteiger partial charge in [-0.1, -0.05) is 23.8 Å². The van der Waals surface area contributed by atoms with Crippen molar-refractivity contribution < 1.29 is 9.53 Å². The van der Waals surface area contributed by atoms with Crippen LogP contribution in [0, 0.1) is 6.92 Å². The van der Waals surface area contributed by atoms with E-state index in [9.17, 15) is 4.79 Å². The smallest absolute Gasteiger partial charge is 0.258 e. The number of benzene rings is 1. The molecule has 2 N–H and O–H groups in total. The van der Waals surface area contributed by atoms with Gasteiger partial charge in [0.15, 0.2) is 0 Å². The van der Waals surface area contributed by atoms with Crippen LogP contribution in [0.25, 0.3) is 0 Å². The Bertz CT molecular complexity index is 516. The number of ether oxygens (including phenoxy) is 1. The van der Waals surface area contributed by atoms with Gasteiger partial charge in [-0.25, -0.2) is 0 Å². The molecule has 0 spiro atoms. The largest absolute Gasteiger partial charge is 0.496 e. The maximum absolute atomic E-state index is 12.6. The van der Waals surface area contributed by atoms with Crippen LogP contribution in [-0.4, -0.2) is 35.5 Å². The van der Waals surface area contributed by atoms with Crippen molar-refractivity contribution in [3.63, 3.8) is 0 Å². The van der Waals surface area contributed by atoms with Crippen molar-refractivity contribution in [3.8, 4) is 5.75 Å². The van der Waals surface area contributed by atoms with Crippen molar-refractivity contribution in [1.82, 2.24) is 4.90 Å². The van der Waals surface area contributed by atoms with Crippen LogP contribution in [0.4, 0.5) is 0 Å². The average molecular weight is 278 g/mol. The second-order valence-corrected chi connectivity index (χ2v) is 5.23. The molecular weight excluding hydrogens is 260 g/mol. The average Bonchev–Trinajstić information content (AvgIpc) is 2.87. The molecule has 0 saturated carbocycles. The van der Waals surface area contributed by atoms with Crippen LogP contribution < -0.4 is 10.5 Å². The second-order valence-electron chi connectivity index (χ2n) is 4.76. The van der Waals surface area contributed by atoms with Crippen LogP contribution in [0.3, 0.4) is 0 Å². The highest BCUT2D eigenvalue weighted by atomic mass is 32.1. The number of aryl methyl sites for hydroxylation is 1. The van der Waals surface area contributed by atoms with Crippen LogP contribution >= 0.6 is 12.2 Å². The van der Waals surface area contributed by atoms with Crippen LogP contribution in [-0.2, 0) is 0 Å². The standard InChI is InChI=1S/C14H18N2O2S/c1-9-5-6-12(18-2)10(8-9)14(17)16-7-3-4-11(16)13(15)19/h5-6,8,11H,3-4,7H2,1-2H3,(H2,15,19). The molecular formula is C14H18N2O2S. The van der Waals surface area contributed by atoms with Gasteiger partial charge in [0.1, 0.15) is 5.75 Å². The first-order chi connectivity index (χ1) is 9.04. The van der Waals surface area contributed by atoms with Crippen LogP contribution in [0.1, 0.15) is 28.8 Å². The van der Waals surface area contributed by atoms with Gasteiger partial charge in [-0.3, -0.25) is 4.79 Å². The zero-order valence-corrected chi connectivity index (χ0v) is 12.0. The predicted octanol–water partition coefficient (Wildman–Crippen LogP) is 1.89. The highest BCUT2D eigenvalue weighted by molar-refractivity contribution is 7.80. The Labute approximate surface area is 118 Å². The summed E-state index contributed by atoms with van der Waals surface area (Å²) in [6.07, 6.45) is 1.77. The fraction of sp³-hybridized carbons (Fsp3) is 0.429. The third-order valence-electron chi connectivity index (χ3n) is 3.43. The molecule has 1 atom stereocenters. The number of nitrogens with two attached hydrogens (primary N) is 1. The van der Waals surface area contributed by atoms with Gasteiger partial charge in [-0.05, 0) is 31.9 Å². The van der Waals surface area contributed by atoms with Gasteiger partial charge in [0.2, 0.25) is 0 Å². The van der Waals surface area contributed by atoms with Gasteiger partial charge in [-0.2, -0.15) is 0 Å². The van der Waals surface area contributed by atoms with E-state index in [0.29, 0.717) is 22.8 Å². The highest BCUT2D eigenvalue weighted by Gasteiger charge is 2.32. The van der Waals surface area contributed by atoms with E-state index < -0.39 is 0 Å². The third kappa shape index (κ3) is 2.71. The highest BCUT2D eigenvalue weighted by Crippen LogP contribution is 2.26. The lowest BCUT2D eigenvalue weighted by molar-refractivity contribution is 0.0767. The molecule has 0 aromatic heterocycles. The maximum atomic E-state index is 12.6. The number of methoxy groups -OCH3 is 1. The lowest BCUT2D eigenvalue weighted by Crippen LogP contribution is -2.42. The van der Waals surface area contributed by atoms with Gasteiger partial charge < -0.3 is 15.4 Å². The molecule has 2 rings (SSSR count). The van der Waals surface area contributed by atoms with E-state index in [-0.39, 0.29) is 11.9 Å². The van der Waals surface area contributed by atoms with E-state index in [4.69, 9.17) is 22.7 Å². The summed E-state index contributed by atoms with van der Waals surface area (Å²) in [5, 5.41) is 0. The summed E-state index contributed by atoms with van der Waals surface area (Å²) in [6.45, 7) is 2.64. The van der Waals surface area contributed by atoms with Crippen LogP contribution in [0.5, 0.6) is 5.75 Å². The fourth-order valence-corrected chi connectivity index (χ4v) is 2.69.